The van der Waals surface area contributed by atoms with E-state index in [-0.39, 0.29) is 16.4 Å². The summed E-state index contributed by atoms with van der Waals surface area (Å²) in [6, 6.07) is 36.2. The van der Waals surface area contributed by atoms with Gasteiger partial charge < -0.3 is 0 Å². The molecule has 0 heterocycles. The second-order valence-electron chi connectivity index (χ2n) is 14.5. The first-order chi connectivity index (χ1) is 18.0. The average Bonchev–Trinajstić information content (AvgIpc) is 3.02. The van der Waals surface area contributed by atoms with E-state index in [0.29, 0.717) is 17.6 Å². The fourth-order valence-corrected chi connectivity index (χ4v) is 16.3. The third kappa shape index (κ3) is 4.81. The molecule has 0 aromatic heterocycles. The first-order valence-corrected chi connectivity index (χ1v) is 20.6. The molecule has 0 spiro atoms. The molecule has 2 bridgehead atoms. The van der Waals surface area contributed by atoms with Crippen LogP contribution >= 0.6 is 0 Å². The van der Waals surface area contributed by atoms with Crippen LogP contribution in [-0.4, -0.2) is 21.9 Å². The van der Waals surface area contributed by atoms with Crippen LogP contribution < -0.4 is 10.4 Å². The van der Waals surface area contributed by atoms with Gasteiger partial charge in [0, 0.05) is 14.0 Å². The van der Waals surface area contributed by atoms with E-state index < -0.39 is 16.1 Å². The lowest BCUT2D eigenvalue weighted by atomic mass is 9.66. The summed E-state index contributed by atoms with van der Waals surface area (Å²) in [5, 5.41) is 3.22. The monoisotopic (exact) mass is 538 g/mol. The van der Waals surface area contributed by atoms with Crippen LogP contribution in [0.15, 0.2) is 91.0 Å². The Morgan fingerprint density at radius 2 is 1.24 bits per heavy atom. The van der Waals surface area contributed by atoms with Crippen molar-refractivity contribution in [2.45, 2.75) is 82.2 Å². The van der Waals surface area contributed by atoms with Crippen LogP contribution in [0.3, 0.4) is 0 Å². The van der Waals surface area contributed by atoms with Crippen LogP contribution in [0.4, 0.5) is 0 Å². The molecule has 2 fully saturated rings. The van der Waals surface area contributed by atoms with Gasteiger partial charge in [-0.05, 0) is 47.7 Å². The van der Waals surface area contributed by atoms with E-state index in [4.69, 9.17) is 0 Å². The molecule has 0 amide bonds. The summed E-state index contributed by atoms with van der Waals surface area (Å²) in [5.74, 6) is 1.87. The second-order valence-corrected chi connectivity index (χ2v) is 24.9. The number of carbonyl (C=O) groups is 1. The topological polar surface area (TPSA) is 17.1 Å². The van der Waals surface area contributed by atoms with E-state index in [0.717, 1.165) is 19.3 Å². The normalized spacial score (nSPS) is 25.9. The minimum Gasteiger partial charge on any atom is -0.298 e. The molecule has 5 rings (SSSR count). The van der Waals surface area contributed by atoms with Crippen LogP contribution in [0.1, 0.15) is 45.6 Å². The molecule has 3 heteroatoms. The maximum Gasteiger partial charge on any atom is 0.146 e. The van der Waals surface area contributed by atoms with Crippen LogP contribution in [0.5, 0.6) is 0 Å². The van der Waals surface area contributed by atoms with Gasteiger partial charge in [0.05, 0.1) is 5.41 Å². The Labute approximate surface area is 233 Å². The maximum absolute atomic E-state index is 14.3. The molecule has 2 aliphatic rings. The first kappa shape index (κ1) is 27.3. The summed E-state index contributed by atoms with van der Waals surface area (Å²) in [7, 11) is -3.49. The Hall–Kier alpha value is -2.24. The lowest BCUT2D eigenvalue weighted by molar-refractivity contribution is -0.129. The molecule has 0 N–H and O–H groups in total. The van der Waals surface area contributed by atoms with Crippen LogP contribution in [0, 0.1) is 17.8 Å². The SMILES string of the molecule is CC(C)(C)[Si](CC1CC2C(=O)C(c3ccccc3)(C1)CC2C[Si](C)(C)C)(c1ccccc1)c1ccccc1. The number of carbonyl (C=O) groups excluding carboxylic acids is 1. The zero-order valence-corrected chi connectivity index (χ0v) is 26.3. The summed E-state index contributed by atoms with van der Waals surface area (Å²) >= 11 is 0. The molecule has 2 saturated carbocycles. The minimum absolute atomic E-state index is 0.147. The van der Waals surface area contributed by atoms with Crippen molar-refractivity contribution in [1.82, 2.24) is 0 Å². The molecule has 200 valence electrons. The van der Waals surface area contributed by atoms with Crippen LogP contribution in [-0.2, 0) is 10.2 Å². The van der Waals surface area contributed by atoms with Crippen LogP contribution in [0.2, 0.25) is 36.8 Å². The van der Waals surface area contributed by atoms with Crippen molar-refractivity contribution < 1.29 is 4.79 Å². The minimum atomic E-state index is -2.20. The third-order valence-electron chi connectivity index (χ3n) is 9.82. The Morgan fingerprint density at radius 3 is 1.71 bits per heavy atom. The average molecular weight is 539 g/mol. The van der Waals surface area contributed by atoms with Gasteiger partial charge in [0.15, 0.2) is 0 Å². The molecule has 3 aromatic carbocycles. The van der Waals surface area contributed by atoms with Gasteiger partial charge in [-0.3, -0.25) is 4.79 Å². The molecule has 4 atom stereocenters. The Balaban J connectivity index is 1.62. The lowest BCUT2D eigenvalue weighted by Crippen LogP contribution is -2.65. The highest BCUT2D eigenvalue weighted by Gasteiger charge is 2.60. The summed E-state index contributed by atoms with van der Waals surface area (Å²) in [5.41, 5.74) is 0.977. The van der Waals surface area contributed by atoms with Crippen molar-refractivity contribution in [1.29, 1.82) is 0 Å². The van der Waals surface area contributed by atoms with Crippen molar-refractivity contribution in [3.8, 4) is 0 Å². The molecule has 0 radical (unpaired) electrons. The van der Waals surface area contributed by atoms with E-state index in [1.54, 1.807) is 0 Å². The highest BCUT2D eigenvalue weighted by Crippen LogP contribution is 2.58. The predicted octanol–water partition coefficient (Wildman–Crippen LogP) is 7.94. The summed E-state index contributed by atoms with van der Waals surface area (Å²) in [6.07, 6.45) is 3.15. The van der Waals surface area contributed by atoms with Crippen molar-refractivity contribution in [3.05, 3.63) is 96.6 Å². The van der Waals surface area contributed by atoms with Gasteiger partial charge in [-0.25, -0.2) is 0 Å². The van der Waals surface area contributed by atoms with E-state index in [1.165, 1.54) is 28.0 Å². The number of rotatable bonds is 7. The Bertz CT molecular complexity index is 1200. The second kappa shape index (κ2) is 10.1. The molecule has 1 nitrogen and oxygen atoms in total. The highest BCUT2D eigenvalue weighted by molar-refractivity contribution is 7.04. The maximum atomic E-state index is 14.3. The molecular weight excluding hydrogens is 493 g/mol. The molecule has 2 aliphatic carbocycles. The fourth-order valence-electron chi connectivity index (χ4n) is 8.42. The fraction of sp³-hybridized carbons (Fsp3) is 0.457. The molecule has 0 aliphatic heterocycles. The van der Waals surface area contributed by atoms with Crippen molar-refractivity contribution in [2.24, 2.45) is 17.8 Å². The van der Waals surface area contributed by atoms with Gasteiger partial charge in [-0.2, -0.15) is 0 Å². The van der Waals surface area contributed by atoms with E-state index >= 15 is 0 Å². The largest absolute Gasteiger partial charge is 0.298 e. The van der Waals surface area contributed by atoms with Gasteiger partial charge in [-0.1, -0.05) is 148 Å². The number of hydrogen-bond donors (Lipinski definition) is 0. The molecule has 3 aromatic rings. The van der Waals surface area contributed by atoms with Gasteiger partial charge in [0.25, 0.3) is 0 Å². The van der Waals surface area contributed by atoms with Crippen LogP contribution in [0.25, 0.3) is 0 Å². The molecule has 38 heavy (non-hydrogen) atoms. The van der Waals surface area contributed by atoms with E-state index in [9.17, 15) is 4.79 Å². The van der Waals surface area contributed by atoms with Gasteiger partial charge in [0.1, 0.15) is 13.9 Å². The predicted molar refractivity (Wildman–Crippen MR) is 168 cm³/mol. The van der Waals surface area contributed by atoms with Gasteiger partial charge in [-0.15, -0.1) is 0 Å². The number of Topliss-reactive ketones (excluding diaryl/α,β-unsaturated/α-hetero) is 1. The number of benzene rings is 3. The highest BCUT2D eigenvalue weighted by atomic mass is 28.3. The molecule has 4 unspecified atom stereocenters. The van der Waals surface area contributed by atoms with Crippen molar-refractivity contribution >= 4 is 32.3 Å². The van der Waals surface area contributed by atoms with E-state index in [1.807, 2.05) is 0 Å². The van der Waals surface area contributed by atoms with Crippen molar-refractivity contribution in [3.63, 3.8) is 0 Å². The zero-order chi connectivity index (χ0) is 27.2. The first-order valence-electron chi connectivity index (χ1n) is 14.7. The molecular formula is C35H46OSi2. The summed E-state index contributed by atoms with van der Waals surface area (Å²) < 4.78 is 0. The van der Waals surface area contributed by atoms with Gasteiger partial charge >= 0.3 is 0 Å². The number of ketones is 1. The molecule has 0 saturated heterocycles. The standard InChI is InChI=1S/C35H46OSi2/c1-34(2,3)38(30-18-12-8-13-19-30,31-20-14-9-15-21-31)25-27-22-32-28(26-37(4,5)6)24-35(23-27,33(32)36)29-16-10-7-11-17-29/h7-21,27-28,32H,22-26H2,1-6H3. The van der Waals surface area contributed by atoms with E-state index in [2.05, 4.69) is 131 Å². The lowest BCUT2D eigenvalue weighted by Gasteiger charge is -2.48. The Kier molecular flexibility index (Phi) is 7.24. The third-order valence-corrected chi connectivity index (χ3v) is 18.0. The number of hydrogen-bond acceptors (Lipinski definition) is 1. The van der Waals surface area contributed by atoms with Gasteiger partial charge in [0.2, 0.25) is 0 Å². The Morgan fingerprint density at radius 1 is 0.737 bits per heavy atom. The zero-order valence-electron chi connectivity index (χ0n) is 24.3. The van der Waals surface area contributed by atoms with Crippen molar-refractivity contribution in [2.75, 3.05) is 0 Å². The quantitative estimate of drug-likeness (QED) is 0.279. The number of fused-ring (bicyclic) bond motifs is 2. The summed E-state index contributed by atoms with van der Waals surface area (Å²) in [6.45, 7) is 14.9. The smallest absolute Gasteiger partial charge is 0.146 e. The summed E-state index contributed by atoms with van der Waals surface area (Å²) in [4.78, 5) is 14.3.